The fraction of sp³-hybridized carbons (Fsp3) is 0.0833. The number of nitrogens with zero attached hydrogens (tertiary/aromatic N) is 3. The van der Waals surface area contributed by atoms with E-state index < -0.39 is 5.51 Å². The quantitative estimate of drug-likeness (QED) is 0.827. The minimum absolute atomic E-state index is 0.0187. The van der Waals surface area contributed by atoms with Gasteiger partial charge in [-0.1, -0.05) is 18.2 Å². The first-order chi connectivity index (χ1) is 9.81. The van der Waals surface area contributed by atoms with E-state index in [0.29, 0.717) is 0 Å². The lowest BCUT2D eigenvalue weighted by Crippen LogP contribution is -2.06. The minimum atomic E-state index is -4.47. The summed E-state index contributed by atoms with van der Waals surface area (Å²) in [5.41, 5.74) is 6.55. The molecular weight excluding hydrogens is 303 g/mol. The lowest BCUT2D eigenvalue weighted by Gasteiger charge is -2.12. The summed E-state index contributed by atoms with van der Waals surface area (Å²) in [6.45, 7) is 0. The summed E-state index contributed by atoms with van der Waals surface area (Å²) in [5.74, 6) is -0.389. The number of hydrogen-bond donors (Lipinski definition) is 2. The summed E-state index contributed by atoms with van der Waals surface area (Å²) < 4.78 is 37.8. The van der Waals surface area contributed by atoms with Gasteiger partial charge in [0.05, 0.1) is 5.69 Å². The summed E-state index contributed by atoms with van der Waals surface area (Å²) in [5, 5.41) is 9.10. The molecule has 1 heterocycles. The van der Waals surface area contributed by atoms with Crippen LogP contribution in [0.4, 0.5) is 24.9 Å². The average molecular weight is 311 g/mol. The molecule has 0 aliphatic rings. The first-order valence-corrected chi connectivity index (χ1v) is 6.31. The van der Waals surface area contributed by atoms with Gasteiger partial charge in [0.2, 0.25) is 5.95 Å². The molecule has 0 spiro atoms. The van der Waals surface area contributed by atoms with E-state index in [4.69, 9.17) is 16.7 Å². The maximum absolute atomic E-state index is 12.6. The third-order valence-corrected chi connectivity index (χ3v) is 3.24. The van der Waals surface area contributed by atoms with Crippen LogP contribution >= 0.6 is 11.8 Å². The number of nitriles is 1. The van der Waals surface area contributed by atoms with Gasteiger partial charge in [0.1, 0.15) is 17.5 Å². The SMILES string of the molecule is N#Cc1c(N)nc(N)nc1-c1ccccc1SC(F)(F)F. The second kappa shape index (κ2) is 5.49. The monoisotopic (exact) mass is 311 g/mol. The maximum atomic E-state index is 12.6. The lowest BCUT2D eigenvalue weighted by molar-refractivity contribution is -0.0327. The number of benzene rings is 1. The van der Waals surface area contributed by atoms with E-state index in [1.54, 1.807) is 6.07 Å². The second-order valence-corrected chi connectivity index (χ2v) is 4.95. The highest BCUT2D eigenvalue weighted by Crippen LogP contribution is 2.42. The zero-order chi connectivity index (χ0) is 15.6. The Hall–Kier alpha value is -2.47. The van der Waals surface area contributed by atoms with Crippen LogP contribution in [-0.4, -0.2) is 15.5 Å². The molecule has 0 atom stereocenters. The van der Waals surface area contributed by atoms with Gasteiger partial charge in [0.25, 0.3) is 0 Å². The first-order valence-electron chi connectivity index (χ1n) is 5.50. The number of nitrogens with two attached hydrogens (primary N) is 2. The number of nitrogen functional groups attached to an aromatic ring is 2. The Morgan fingerprint density at radius 3 is 2.43 bits per heavy atom. The van der Waals surface area contributed by atoms with Gasteiger partial charge in [0.15, 0.2) is 0 Å². The summed E-state index contributed by atoms with van der Waals surface area (Å²) in [6.07, 6.45) is 0. The molecule has 108 valence electrons. The summed E-state index contributed by atoms with van der Waals surface area (Å²) >= 11 is -0.298. The lowest BCUT2D eigenvalue weighted by atomic mass is 10.1. The molecule has 5 nitrogen and oxygen atoms in total. The molecule has 2 aromatic rings. The van der Waals surface area contributed by atoms with Crippen molar-refractivity contribution in [3.8, 4) is 17.3 Å². The Morgan fingerprint density at radius 2 is 1.81 bits per heavy atom. The van der Waals surface area contributed by atoms with Crippen LogP contribution in [0.5, 0.6) is 0 Å². The normalized spacial score (nSPS) is 11.1. The van der Waals surface area contributed by atoms with Gasteiger partial charge in [-0.25, -0.2) is 4.98 Å². The van der Waals surface area contributed by atoms with Gasteiger partial charge in [0, 0.05) is 10.5 Å². The van der Waals surface area contributed by atoms with Crippen LogP contribution in [0.2, 0.25) is 0 Å². The Kier molecular flexibility index (Phi) is 3.90. The van der Waals surface area contributed by atoms with Crippen LogP contribution in [0.25, 0.3) is 11.3 Å². The van der Waals surface area contributed by atoms with E-state index in [1.807, 2.05) is 0 Å². The Balaban J connectivity index is 2.66. The van der Waals surface area contributed by atoms with Crippen molar-refractivity contribution >= 4 is 23.5 Å². The number of rotatable bonds is 2. The number of anilines is 2. The molecule has 1 aromatic carbocycles. The standard InChI is InChI=1S/C12H8F3N5S/c13-12(14,15)21-8-4-2-1-3-6(8)9-7(5-16)10(17)20-11(18)19-9/h1-4H,(H4,17,18,19,20). The average Bonchev–Trinajstić information content (AvgIpc) is 2.36. The van der Waals surface area contributed by atoms with Crippen LogP contribution in [-0.2, 0) is 0 Å². The van der Waals surface area contributed by atoms with Crippen molar-refractivity contribution in [2.24, 2.45) is 0 Å². The van der Waals surface area contributed by atoms with Crippen molar-refractivity contribution < 1.29 is 13.2 Å². The van der Waals surface area contributed by atoms with Crippen molar-refractivity contribution in [1.82, 2.24) is 9.97 Å². The predicted molar refractivity (Wildman–Crippen MR) is 72.9 cm³/mol. The molecule has 0 bridgehead atoms. The fourth-order valence-corrected chi connectivity index (χ4v) is 2.35. The molecule has 0 aliphatic heterocycles. The number of aromatic nitrogens is 2. The molecule has 21 heavy (non-hydrogen) atoms. The Morgan fingerprint density at radius 1 is 1.14 bits per heavy atom. The maximum Gasteiger partial charge on any atom is 0.446 e. The second-order valence-electron chi connectivity index (χ2n) is 3.85. The molecular formula is C12H8F3N5S. The van der Waals surface area contributed by atoms with Crippen LogP contribution in [0.1, 0.15) is 5.56 Å². The van der Waals surface area contributed by atoms with E-state index in [2.05, 4.69) is 9.97 Å². The zero-order valence-electron chi connectivity index (χ0n) is 10.3. The smallest absolute Gasteiger partial charge is 0.382 e. The van der Waals surface area contributed by atoms with E-state index in [0.717, 1.165) is 0 Å². The van der Waals surface area contributed by atoms with Crippen molar-refractivity contribution in [2.45, 2.75) is 10.4 Å². The zero-order valence-corrected chi connectivity index (χ0v) is 11.2. The van der Waals surface area contributed by atoms with E-state index in [-0.39, 0.29) is 45.2 Å². The molecule has 1 aromatic heterocycles. The Bertz CT molecular complexity index is 724. The van der Waals surface area contributed by atoms with Crippen LogP contribution in [0.3, 0.4) is 0 Å². The fourth-order valence-electron chi connectivity index (χ4n) is 1.68. The first kappa shape index (κ1) is 14.9. The highest BCUT2D eigenvalue weighted by Gasteiger charge is 2.31. The molecule has 0 saturated heterocycles. The molecule has 9 heteroatoms. The third-order valence-electron chi connectivity index (χ3n) is 2.43. The van der Waals surface area contributed by atoms with Gasteiger partial charge >= 0.3 is 5.51 Å². The molecule has 0 aliphatic carbocycles. The van der Waals surface area contributed by atoms with Gasteiger partial charge in [-0.2, -0.15) is 23.4 Å². The molecule has 0 radical (unpaired) electrons. The molecule has 0 fully saturated rings. The summed E-state index contributed by atoms with van der Waals surface area (Å²) in [4.78, 5) is 7.38. The molecule has 2 rings (SSSR count). The molecule has 4 N–H and O–H groups in total. The van der Waals surface area contributed by atoms with E-state index in [9.17, 15) is 13.2 Å². The van der Waals surface area contributed by atoms with Crippen LogP contribution in [0, 0.1) is 11.3 Å². The van der Waals surface area contributed by atoms with Crippen LogP contribution in [0.15, 0.2) is 29.2 Å². The largest absolute Gasteiger partial charge is 0.446 e. The van der Waals surface area contributed by atoms with Gasteiger partial charge in [-0.3, -0.25) is 0 Å². The number of alkyl halides is 3. The molecule has 0 saturated carbocycles. The van der Waals surface area contributed by atoms with Crippen molar-refractivity contribution in [2.75, 3.05) is 11.5 Å². The summed E-state index contributed by atoms with van der Waals surface area (Å²) in [6, 6.07) is 7.47. The summed E-state index contributed by atoms with van der Waals surface area (Å²) in [7, 11) is 0. The van der Waals surface area contributed by atoms with Crippen LogP contribution < -0.4 is 11.5 Å². The number of hydrogen-bond acceptors (Lipinski definition) is 6. The van der Waals surface area contributed by atoms with Crippen molar-refractivity contribution in [3.63, 3.8) is 0 Å². The minimum Gasteiger partial charge on any atom is -0.382 e. The highest BCUT2D eigenvalue weighted by molar-refractivity contribution is 8.00. The highest BCUT2D eigenvalue weighted by atomic mass is 32.2. The third kappa shape index (κ3) is 3.35. The Labute approximate surface area is 121 Å². The number of thioether (sulfide) groups is 1. The number of halogens is 3. The van der Waals surface area contributed by atoms with Gasteiger partial charge in [-0.05, 0) is 17.8 Å². The van der Waals surface area contributed by atoms with E-state index >= 15 is 0 Å². The van der Waals surface area contributed by atoms with Crippen molar-refractivity contribution in [3.05, 3.63) is 29.8 Å². The molecule has 0 unspecified atom stereocenters. The van der Waals surface area contributed by atoms with E-state index in [1.165, 1.54) is 24.3 Å². The van der Waals surface area contributed by atoms with Crippen molar-refractivity contribution in [1.29, 1.82) is 5.26 Å². The molecule has 0 amide bonds. The topological polar surface area (TPSA) is 102 Å². The van der Waals surface area contributed by atoms with Gasteiger partial charge < -0.3 is 11.5 Å². The predicted octanol–water partition coefficient (Wildman–Crippen LogP) is 2.79. The van der Waals surface area contributed by atoms with Gasteiger partial charge in [-0.15, -0.1) is 0 Å².